The van der Waals surface area contributed by atoms with E-state index in [1.54, 1.807) is 0 Å². The number of aliphatic carboxylic acids is 1. The van der Waals surface area contributed by atoms with E-state index in [9.17, 15) is 14.7 Å². The summed E-state index contributed by atoms with van der Waals surface area (Å²) in [7, 11) is 0. The number of esters is 1. The molecule has 4 heteroatoms. The van der Waals surface area contributed by atoms with Crippen molar-refractivity contribution in [1.82, 2.24) is 0 Å². The van der Waals surface area contributed by atoms with Crippen LogP contribution >= 0.6 is 0 Å². The van der Waals surface area contributed by atoms with E-state index >= 15 is 0 Å². The Morgan fingerprint density at radius 1 is 0.658 bits per heavy atom. The quantitative estimate of drug-likeness (QED) is 0.0565. The molecular formula is C34H62O4. The maximum atomic E-state index is 11.6. The molecule has 0 radical (unpaired) electrons. The molecule has 0 rings (SSSR count). The van der Waals surface area contributed by atoms with Gasteiger partial charge in [-0.25, -0.2) is 0 Å². The first-order chi connectivity index (χ1) is 18.6. The third-order valence-corrected chi connectivity index (χ3v) is 7.44. The smallest absolute Gasteiger partial charge is 0.307 e. The van der Waals surface area contributed by atoms with Gasteiger partial charge < -0.3 is 9.84 Å². The zero-order chi connectivity index (χ0) is 27.9. The fourth-order valence-corrected chi connectivity index (χ4v) is 4.95. The normalized spacial score (nSPS) is 12.1. The van der Waals surface area contributed by atoms with Crippen molar-refractivity contribution in [3.05, 3.63) is 24.8 Å². The molecule has 0 spiro atoms. The van der Waals surface area contributed by atoms with Crippen LogP contribution in [0.3, 0.4) is 0 Å². The molecule has 222 valence electrons. The molecule has 0 aliphatic rings. The Kier molecular flexibility index (Phi) is 28.7. The standard InChI is InChI=1S/C34H62O4/c1-3-5-6-7-8-9-10-11-12-13-14-15-16-17-18-19-20-21-22-23-24-25-26-27-28-29-32(34(36)37)31-33(35)38-30-4-2/h4,18-19,32H,2-3,5-17,20-31H2,1H3,(H,36,37)/b19-18+. The van der Waals surface area contributed by atoms with Crippen molar-refractivity contribution in [3.63, 3.8) is 0 Å². The molecule has 0 fully saturated rings. The molecule has 1 atom stereocenters. The van der Waals surface area contributed by atoms with E-state index in [-0.39, 0.29) is 13.0 Å². The van der Waals surface area contributed by atoms with E-state index in [4.69, 9.17) is 4.74 Å². The van der Waals surface area contributed by atoms with Gasteiger partial charge in [-0.05, 0) is 32.1 Å². The second-order valence-electron chi connectivity index (χ2n) is 11.1. The lowest BCUT2D eigenvalue weighted by Crippen LogP contribution is -2.19. The van der Waals surface area contributed by atoms with Crippen molar-refractivity contribution in [2.45, 2.75) is 167 Å². The van der Waals surface area contributed by atoms with Crippen molar-refractivity contribution in [2.24, 2.45) is 5.92 Å². The van der Waals surface area contributed by atoms with E-state index in [0.29, 0.717) is 6.42 Å². The molecule has 0 aromatic heterocycles. The number of rotatable bonds is 30. The average molecular weight is 535 g/mol. The summed E-state index contributed by atoms with van der Waals surface area (Å²) in [6.45, 7) is 5.92. The highest BCUT2D eigenvalue weighted by Crippen LogP contribution is 2.17. The van der Waals surface area contributed by atoms with Crippen LogP contribution in [-0.4, -0.2) is 23.7 Å². The summed E-state index contributed by atoms with van der Waals surface area (Å²) < 4.78 is 4.91. The molecule has 1 N–H and O–H groups in total. The summed E-state index contributed by atoms with van der Waals surface area (Å²) >= 11 is 0. The molecule has 0 aliphatic heterocycles. The number of carbonyl (C=O) groups is 2. The van der Waals surface area contributed by atoms with Crippen LogP contribution < -0.4 is 0 Å². The highest BCUT2D eigenvalue weighted by Gasteiger charge is 2.21. The maximum Gasteiger partial charge on any atom is 0.307 e. The first-order valence-corrected chi connectivity index (χ1v) is 16.3. The zero-order valence-corrected chi connectivity index (χ0v) is 25.1. The van der Waals surface area contributed by atoms with Crippen LogP contribution in [0.1, 0.15) is 167 Å². The molecule has 1 unspecified atom stereocenters. The zero-order valence-electron chi connectivity index (χ0n) is 25.1. The van der Waals surface area contributed by atoms with Crippen molar-refractivity contribution in [3.8, 4) is 0 Å². The molecule has 0 heterocycles. The molecule has 4 nitrogen and oxygen atoms in total. The van der Waals surface area contributed by atoms with Gasteiger partial charge in [0.25, 0.3) is 0 Å². The molecule has 0 saturated carbocycles. The molecule has 0 aliphatic carbocycles. The van der Waals surface area contributed by atoms with Crippen molar-refractivity contribution < 1.29 is 19.4 Å². The fraction of sp³-hybridized carbons (Fsp3) is 0.824. The van der Waals surface area contributed by atoms with Gasteiger partial charge in [-0.3, -0.25) is 9.59 Å². The van der Waals surface area contributed by atoms with Gasteiger partial charge in [-0.15, -0.1) is 0 Å². The predicted octanol–water partition coefficient (Wildman–Crippen LogP) is 10.7. The van der Waals surface area contributed by atoms with Gasteiger partial charge in [-0.1, -0.05) is 154 Å². The van der Waals surface area contributed by atoms with Crippen molar-refractivity contribution in [2.75, 3.05) is 6.61 Å². The van der Waals surface area contributed by atoms with E-state index < -0.39 is 17.9 Å². The number of unbranched alkanes of at least 4 members (excludes halogenated alkanes) is 21. The largest absolute Gasteiger partial charge is 0.481 e. The Labute approximate surface area is 236 Å². The summed E-state index contributed by atoms with van der Waals surface area (Å²) in [6.07, 6.45) is 37.1. The number of carbonyl (C=O) groups excluding carboxylic acids is 1. The van der Waals surface area contributed by atoms with E-state index in [2.05, 4.69) is 25.7 Å². The number of hydrogen-bond acceptors (Lipinski definition) is 3. The number of ether oxygens (including phenoxy) is 1. The minimum Gasteiger partial charge on any atom is -0.481 e. The van der Waals surface area contributed by atoms with Gasteiger partial charge in [0.1, 0.15) is 6.61 Å². The molecule has 38 heavy (non-hydrogen) atoms. The molecular weight excluding hydrogens is 472 g/mol. The maximum absolute atomic E-state index is 11.6. The third-order valence-electron chi connectivity index (χ3n) is 7.44. The van der Waals surface area contributed by atoms with Gasteiger partial charge in [0.2, 0.25) is 0 Å². The first-order valence-electron chi connectivity index (χ1n) is 16.3. The highest BCUT2D eigenvalue weighted by atomic mass is 16.5. The van der Waals surface area contributed by atoms with Crippen molar-refractivity contribution in [1.29, 1.82) is 0 Å². The third kappa shape index (κ3) is 27.5. The SMILES string of the molecule is C=CCOC(=O)CC(CCCCCCCCCC/C=C/CCCCCCCCCCCCCCC)C(=O)O. The van der Waals surface area contributed by atoms with Crippen LogP contribution in [0.5, 0.6) is 0 Å². The molecule has 0 saturated heterocycles. The lowest BCUT2D eigenvalue weighted by Gasteiger charge is -2.11. The second kappa shape index (κ2) is 30.0. The Morgan fingerprint density at radius 2 is 1.05 bits per heavy atom. The van der Waals surface area contributed by atoms with Crippen LogP contribution in [0.25, 0.3) is 0 Å². The van der Waals surface area contributed by atoms with Gasteiger partial charge in [-0.2, -0.15) is 0 Å². The summed E-state index contributed by atoms with van der Waals surface area (Å²) in [5.74, 6) is -1.99. The minimum absolute atomic E-state index is 0.0446. The Hall–Kier alpha value is -1.58. The van der Waals surface area contributed by atoms with E-state index in [0.717, 1.165) is 19.3 Å². The Morgan fingerprint density at radius 3 is 1.45 bits per heavy atom. The summed E-state index contributed by atoms with van der Waals surface area (Å²) in [5, 5.41) is 9.30. The monoisotopic (exact) mass is 534 g/mol. The van der Waals surface area contributed by atoms with Crippen molar-refractivity contribution >= 4 is 11.9 Å². The van der Waals surface area contributed by atoms with Gasteiger partial charge in [0.05, 0.1) is 12.3 Å². The first kappa shape index (κ1) is 36.4. The highest BCUT2D eigenvalue weighted by molar-refractivity contribution is 5.78. The van der Waals surface area contributed by atoms with E-state index in [1.165, 1.54) is 134 Å². The molecule has 0 amide bonds. The van der Waals surface area contributed by atoms with E-state index in [1.807, 2.05) is 0 Å². The number of carboxylic acid groups (broad SMARTS) is 1. The summed E-state index contributed by atoms with van der Waals surface area (Å²) in [4.78, 5) is 23.0. The van der Waals surface area contributed by atoms with Gasteiger partial charge in [0.15, 0.2) is 0 Å². The van der Waals surface area contributed by atoms with Crippen LogP contribution in [0.15, 0.2) is 24.8 Å². The van der Waals surface area contributed by atoms with Gasteiger partial charge in [0, 0.05) is 0 Å². The Bertz CT molecular complexity index is 569. The van der Waals surface area contributed by atoms with Gasteiger partial charge >= 0.3 is 11.9 Å². The average Bonchev–Trinajstić information content (AvgIpc) is 2.91. The van der Waals surface area contributed by atoms with Crippen LogP contribution in [0.4, 0.5) is 0 Å². The van der Waals surface area contributed by atoms with Crippen LogP contribution in [0.2, 0.25) is 0 Å². The fourth-order valence-electron chi connectivity index (χ4n) is 4.95. The number of allylic oxidation sites excluding steroid dienone is 2. The lowest BCUT2D eigenvalue weighted by atomic mass is 9.97. The molecule has 0 bridgehead atoms. The minimum atomic E-state index is -0.904. The second-order valence-corrected chi connectivity index (χ2v) is 11.1. The van der Waals surface area contributed by atoms with Crippen LogP contribution in [-0.2, 0) is 14.3 Å². The number of carboxylic acids is 1. The topological polar surface area (TPSA) is 63.6 Å². The number of hydrogen-bond donors (Lipinski definition) is 1. The van der Waals surface area contributed by atoms with Crippen LogP contribution in [0, 0.1) is 5.92 Å². The lowest BCUT2D eigenvalue weighted by molar-refractivity contribution is -0.151. The summed E-state index contributed by atoms with van der Waals surface area (Å²) in [6, 6.07) is 0. The predicted molar refractivity (Wildman–Crippen MR) is 163 cm³/mol. The Balaban J connectivity index is 3.36. The molecule has 0 aromatic rings. The summed E-state index contributed by atoms with van der Waals surface area (Å²) in [5.41, 5.74) is 0. The molecule has 0 aromatic carbocycles.